The molecule has 3 N–H and O–H groups in total. The number of rotatable bonds is 6. The van der Waals surface area contributed by atoms with Crippen LogP contribution in [0.25, 0.3) is 11.4 Å². The van der Waals surface area contributed by atoms with Gasteiger partial charge in [-0.3, -0.25) is 9.78 Å². The topological polar surface area (TPSA) is 99.3 Å². The second-order valence-electron chi connectivity index (χ2n) is 8.87. The van der Waals surface area contributed by atoms with E-state index in [1.165, 1.54) is 12.1 Å². The first kappa shape index (κ1) is 24.1. The van der Waals surface area contributed by atoms with Gasteiger partial charge in [-0.25, -0.2) is 9.18 Å². The van der Waals surface area contributed by atoms with Gasteiger partial charge in [-0.1, -0.05) is 12.1 Å². The lowest BCUT2D eigenvalue weighted by Crippen LogP contribution is -2.27. The molecule has 3 heterocycles. The number of ether oxygens (including phenoxy) is 1. The molecule has 5 rings (SSSR count). The van der Waals surface area contributed by atoms with E-state index in [9.17, 15) is 14.0 Å². The second-order valence-corrected chi connectivity index (χ2v) is 8.87. The molecule has 0 aliphatic carbocycles. The molecular weight excluding hydrogens is 473 g/mol. The summed E-state index contributed by atoms with van der Waals surface area (Å²) in [5, 5.41) is 5.18. The number of likely N-dealkylation sites (tertiary alicyclic amines) is 1. The Kier molecular flexibility index (Phi) is 6.85. The smallest absolute Gasteiger partial charge is 0.323 e. The van der Waals surface area contributed by atoms with Crippen LogP contribution in [-0.2, 0) is 0 Å². The van der Waals surface area contributed by atoms with Crippen molar-refractivity contribution in [1.82, 2.24) is 14.9 Å². The maximum absolute atomic E-state index is 14.7. The number of urea groups is 1. The minimum absolute atomic E-state index is 0.00384. The SMILES string of the molecule is Cc1cccc(NC(=O)Nc2ccc(Oc3ccnc(-c4cc(C(=O)N5CCCC5)c[nH]4)c3)cc2F)c1. The Balaban J connectivity index is 1.24. The predicted molar refractivity (Wildman–Crippen MR) is 139 cm³/mol. The van der Waals surface area contributed by atoms with Crippen LogP contribution in [0, 0.1) is 12.7 Å². The van der Waals surface area contributed by atoms with E-state index < -0.39 is 11.8 Å². The van der Waals surface area contributed by atoms with Crippen molar-refractivity contribution in [2.24, 2.45) is 0 Å². The highest BCUT2D eigenvalue weighted by molar-refractivity contribution is 6.00. The number of aryl methyl sites for hydroxylation is 1. The standard InChI is InChI=1S/C28H26FN5O3/c1-18-5-4-6-20(13-18)32-28(36)33-24-8-7-21(15-23(24)29)37-22-9-10-30-26(16-22)25-14-19(17-31-25)27(35)34-11-2-3-12-34/h4-10,13-17,31H,2-3,11-12H2,1H3,(H2,32,33,36). The first-order valence-electron chi connectivity index (χ1n) is 12.0. The van der Waals surface area contributed by atoms with E-state index in [4.69, 9.17) is 4.74 Å². The number of H-pyrrole nitrogens is 1. The highest BCUT2D eigenvalue weighted by Gasteiger charge is 2.21. The summed E-state index contributed by atoms with van der Waals surface area (Å²) in [6, 6.07) is 16.1. The Morgan fingerprint density at radius 2 is 1.81 bits per heavy atom. The van der Waals surface area contributed by atoms with Gasteiger partial charge >= 0.3 is 6.03 Å². The molecule has 1 aliphatic rings. The number of hydrogen-bond acceptors (Lipinski definition) is 4. The average molecular weight is 500 g/mol. The Hall–Kier alpha value is -4.66. The van der Waals surface area contributed by atoms with Crippen LogP contribution in [0.5, 0.6) is 11.5 Å². The van der Waals surface area contributed by atoms with Crippen molar-refractivity contribution in [1.29, 1.82) is 0 Å². The molecule has 37 heavy (non-hydrogen) atoms. The van der Waals surface area contributed by atoms with Gasteiger partial charge in [0.05, 0.1) is 22.6 Å². The number of pyridine rings is 1. The third kappa shape index (κ3) is 5.78. The van der Waals surface area contributed by atoms with Crippen molar-refractivity contribution in [2.45, 2.75) is 19.8 Å². The van der Waals surface area contributed by atoms with Gasteiger partial charge in [-0.2, -0.15) is 0 Å². The van der Waals surface area contributed by atoms with Gasteiger partial charge in [0.25, 0.3) is 5.91 Å². The molecule has 2 aromatic heterocycles. The molecule has 0 unspecified atom stereocenters. The maximum Gasteiger partial charge on any atom is 0.323 e. The van der Waals surface area contributed by atoms with E-state index in [1.54, 1.807) is 42.7 Å². The van der Waals surface area contributed by atoms with Crippen molar-refractivity contribution in [3.05, 3.63) is 90.0 Å². The normalized spacial score (nSPS) is 12.9. The second kappa shape index (κ2) is 10.5. The van der Waals surface area contributed by atoms with Crippen LogP contribution in [0.4, 0.5) is 20.6 Å². The van der Waals surface area contributed by atoms with E-state index in [2.05, 4.69) is 20.6 Å². The van der Waals surface area contributed by atoms with Gasteiger partial charge in [0.2, 0.25) is 0 Å². The van der Waals surface area contributed by atoms with Crippen LogP contribution in [0.3, 0.4) is 0 Å². The Morgan fingerprint density at radius 3 is 2.59 bits per heavy atom. The number of carbonyl (C=O) groups excluding carboxylic acids is 2. The summed E-state index contributed by atoms with van der Waals surface area (Å²) in [6.07, 6.45) is 5.32. The third-order valence-corrected chi connectivity index (χ3v) is 6.03. The summed E-state index contributed by atoms with van der Waals surface area (Å²) in [7, 11) is 0. The summed E-state index contributed by atoms with van der Waals surface area (Å²) in [5.74, 6) is 0.0738. The number of benzene rings is 2. The molecule has 3 amide bonds. The number of nitrogens with one attached hydrogen (secondary N) is 3. The van der Waals surface area contributed by atoms with Crippen molar-refractivity contribution in [2.75, 3.05) is 23.7 Å². The number of carbonyl (C=O) groups is 2. The molecule has 4 aromatic rings. The molecular formula is C28H26FN5O3. The Morgan fingerprint density at radius 1 is 1.00 bits per heavy atom. The first-order chi connectivity index (χ1) is 17.9. The Bertz CT molecular complexity index is 1450. The largest absolute Gasteiger partial charge is 0.457 e. The molecule has 0 saturated carbocycles. The number of hydrogen-bond donors (Lipinski definition) is 3. The summed E-state index contributed by atoms with van der Waals surface area (Å²) < 4.78 is 20.5. The van der Waals surface area contributed by atoms with Gasteiger partial charge in [-0.15, -0.1) is 0 Å². The molecule has 0 bridgehead atoms. The van der Waals surface area contributed by atoms with Crippen LogP contribution >= 0.6 is 0 Å². The van der Waals surface area contributed by atoms with Crippen LogP contribution in [0.15, 0.2) is 73.1 Å². The predicted octanol–water partition coefficient (Wildman–Crippen LogP) is 6.20. The fourth-order valence-corrected chi connectivity index (χ4v) is 4.19. The minimum Gasteiger partial charge on any atom is -0.457 e. The molecule has 1 saturated heterocycles. The molecule has 0 radical (unpaired) electrons. The summed E-state index contributed by atoms with van der Waals surface area (Å²) in [6.45, 7) is 3.48. The van der Waals surface area contributed by atoms with Crippen molar-refractivity contribution in [3.8, 4) is 22.9 Å². The van der Waals surface area contributed by atoms with Crippen LogP contribution in [0.2, 0.25) is 0 Å². The van der Waals surface area contributed by atoms with Gasteiger partial charge in [0.1, 0.15) is 17.3 Å². The highest BCUT2D eigenvalue weighted by atomic mass is 19.1. The number of nitrogens with zero attached hydrogens (tertiary/aromatic N) is 2. The quantitative estimate of drug-likeness (QED) is 0.294. The van der Waals surface area contributed by atoms with E-state index in [-0.39, 0.29) is 17.3 Å². The molecule has 0 spiro atoms. The molecule has 1 aliphatic heterocycles. The fourth-order valence-electron chi connectivity index (χ4n) is 4.19. The highest BCUT2D eigenvalue weighted by Crippen LogP contribution is 2.28. The van der Waals surface area contributed by atoms with Crippen LogP contribution in [0.1, 0.15) is 28.8 Å². The number of anilines is 2. The zero-order valence-electron chi connectivity index (χ0n) is 20.3. The van der Waals surface area contributed by atoms with Crippen molar-refractivity contribution in [3.63, 3.8) is 0 Å². The Labute approximate surface area is 213 Å². The van der Waals surface area contributed by atoms with Gasteiger partial charge in [-0.05, 0) is 61.7 Å². The van der Waals surface area contributed by atoms with E-state index >= 15 is 0 Å². The summed E-state index contributed by atoms with van der Waals surface area (Å²) >= 11 is 0. The zero-order valence-corrected chi connectivity index (χ0v) is 20.3. The van der Waals surface area contributed by atoms with E-state index in [1.807, 2.05) is 30.0 Å². The average Bonchev–Trinajstić information content (AvgIpc) is 3.59. The maximum atomic E-state index is 14.7. The molecule has 0 atom stereocenters. The lowest BCUT2D eigenvalue weighted by Gasteiger charge is -2.13. The molecule has 2 aromatic carbocycles. The molecule has 188 valence electrons. The summed E-state index contributed by atoms with van der Waals surface area (Å²) in [4.78, 5) is 34.2. The first-order valence-corrected chi connectivity index (χ1v) is 12.0. The van der Waals surface area contributed by atoms with Crippen LogP contribution in [-0.4, -0.2) is 39.9 Å². The van der Waals surface area contributed by atoms with Gasteiger partial charge in [0, 0.05) is 43.3 Å². The monoisotopic (exact) mass is 499 g/mol. The zero-order chi connectivity index (χ0) is 25.8. The van der Waals surface area contributed by atoms with E-state index in [0.29, 0.717) is 28.4 Å². The van der Waals surface area contributed by atoms with Crippen LogP contribution < -0.4 is 15.4 Å². The molecule has 1 fully saturated rings. The molecule has 9 heteroatoms. The number of amides is 3. The lowest BCUT2D eigenvalue weighted by atomic mass is 10.2. The minimum atomic E-state index is -0.638. The molecule has 8 nitrogen and oxygen atoms in total. The van der Waals surface area contributed by atoms with E-state index in [0.717, 1.165) is 31.5 Å². The van der Waals surface area contributed by atoms with Crippen molar-refractivity contribution >= 4 is 23.3 Å². The third-order valence-electron chi connectivity index (χ3n) is 6.03. The number of halogens is 1. The fraction of sp³-hybridized carbons (Fsp3) is 0.179. The number of aromatic amines is 1. The lowest BCUT2D eigenvalue weighted by molar-refractivity contribution is 0.0793. The summed E-state index contributed by atoms with van der Waals surface area (Å²) in [5.41, 5.74) is 3.48. The van der Waals surface area contributed by atoms with Crippen molar-refractivity contribution < 1.29 is 18.7 Å². The van der Waals surface area contributed by atoms with Gasteiger partial charge in [0.15, 0.2) is 0 Å². The van der Waals surface area contributed by atoms with Gasteiger partial charge < -0.3 is 25.3 Å². The number of aromatic nitrogens is 2.